The van der Waals surface area contributed by atoms with Gasteiger partial charge in [0.1, 0.15) is 12.2 Å². The molecule has 0 aliphatic rings. The summed E-state index contributed by atoms with van der Waals surface area (Å²) in [5.41, 5.74) is 8.43. The topological polar surface area (TPSA) is 91.2 Å². The van der Waals surface area contributed by atoms with Gasteiger partial charge in [0.2, 0.25) is 0 Å². The zero-order valence-electron chi connectivity index (χ0n) is 9.97. The third-order valence-electron chi connectivity index (χ3n) is 2.55. The van der Waals surface area contributed by atoms with Gasteiger partial charge in [-0.05, 0) is 31.9 Å². The molecule has 0 fully saturated rings. The van der Waals surface area contributed by atoms with Crippen LogP contribution in [0, 0.1) is 19.8 Å². The highest BCUT2D eigenvalue weighted by atomic mass is 32.2. The highest BCUT2D eigenvalue weighted by Crippen LogP contribution is 2.14. The monoisotopic (exact) mass is 255 g/mol. The number of pyridine rings is 1. The van der Waals surface area contributed by atoms with Gasteiger partial charge in [0, 0.05) is 17.9 Å². The van der Waals surface area contributed by atoms with Gasteiger partial charge >= 0.3 is 5.97 Å². The van der Waals surface area contributed by atoms with Crippen molar-refractivity contribution in [1.82, 2.24) is 4.98 Å². The molecule has 0 bridgehead atoms. The molecule has 1 aromatic rings. The summed E-state index contributed by atoms with van der Waals surface area (Å²) in [6.45, 7) is 4.07. The molecule has 0 aliphatic carbocycles. The first-order chi connectivity index (χ1) is 8.08. The lowest BCUT2D eigenvalue weighted by Crippen LogP contribution is -2.27. The van der Waals surface area contributed by atoms with E-state index in [0.29, 0.717) is 18.6 Å². The van der Waals surface area contributed by atoms with Crippen LogP contribution in [0.3, 0.4) is 0 Å². The molecule has 0 saturated carbocycles. The van der Waals surface area contributed by atoms with Crippen molar-refractivity contribution >= 4 is 18.2 Å². The van der Waals surface area contributed by atoms with Gasteiger partial charge in [-0.25, -0.2) is 5.14 Å². The number of nitrogens with two attached hydrogens (primary N) is 2. The molecule has 94 valence electrons. The fourth-order valence-corrected chi connectivity index (χ4v) is 1.81. The summed E-state index contributed by atoms with van der Waals surface area (Å²) in [5.74, 6) is -0.769. The minimum Gasteiger partial charge on any atom is -0.375 e. The first-order valence-corrected chi connectivity index (χ1v) is 6.09. The summed E-state index contributed by atoms with van der Waals surface area (Å²) in [4.78, 5) is 15.9. The highest BCUT2D eigenvalue weighted by Gasteiger charge is 2.20. The van der Waals surface area contributed by atoms with Gasteiger partial charge in [0.25, 0.3) is 0 Å². The average molecular weight is 255 g/mol. The second kappa shape index (κ2) is 6.58. The Hall–Kier alpha value is -1.11. The third kappa shape index (κ3) is 3.99. The fourth-order valence-electron chi connectivity index (χ4n) is 1.57. The number of rotatable bonds is 5. The lowest BCUT2D eigenvalue weighted by Gasteiger charge is -2.13. The van der Waals surface area contributed by atoms with Crippen LogP contribution in [0.15, 0.2) is 12.1 Å². The van der Waals surface area contributed by atoms with E-state index in [1.807, 2.05) is 26.0 Å². The number of hydrogen-bond donors (Lipinski definition) is 2. The predicted molar refractivity (Wildman–Crippen MR) is 67.8 cm³/mol. The van der Waals surface area contributed by atoms with E-state index in [2.05, 4.69) is 9.17 Å². The average Bonchev–Trinajstić information content (AvgIpc) is 2.28. The fraction of sp³-hybridized carbons (Fsp3) is 0.455. The van der Waals surface area contributed by atoms with Crippen molar-refractivity contribution in [3.63, 3.8) is 0 Å². The third-order valence-corrected chi connectivity index (χ3v) is 2.81. The normalized spacial score (nSPS) is 12.2. The van der Waals surface area contributed by atoms with Crippen LogP contribution >= 0.6 is 12.2 Å². The lowest BCUT2D eigenvalue weighted by molar-refractivity contribution is -0.137. The Morgan fingerprint density at radius 1 is 1.53 bits per heavy atom. The maximum atomic E-state index is 11.5. The molecule has 1 unspecified atom stereocenters. The van der Waals surface area contributed by atoms with E-state index < -0.39 is 0 Å². The minimum atomic E-state index is -0.389. The van der Waals surface area contributed by atoms with Crippen LogP contribution < -0.4 is 10.9 Å². The van der Waals surface area contributed by atoms with Crippen molar-refractivity contribution < 1.29 is 8.98 Å². The van der Waals surface area contributed by atoms with Crippen LogP contribution in [0.25, 0.3) is 0 Å². The predicted octanol–water partition coefficient (Wildman–Crippen LogP) is 0.881. The molecule has 1 aromatic heterocycles. The van der Waals surface area contributed by atoms with Crippen molar-refractivity contribution in [3.05, 3.63) is 29.1 Å². The van der Waals surface area contributed by atoms with Crippen molar-refractivity contribution in [1.29, 1.82) is 0 Å². The number of carbonyl (C=O) groups excluding carboxylic acids is 1. The molecular weight excluding hydrogens is 238 g/mol. The van der Waals surface area contributed by atoms with E-state index in [1.54, 1.807) is 0 Å². The van der Waals surface area contributed by atoms with E-state index in [0.717, 1.165) is 17.0 Å². The minimum absolute atomic E-state index is 0.229. The molecule has 5 nitrogen and oxygen atoms in total. The molecular formula is C11H17N3O2S. The number of carbonyl (C=O) groups is 1. The van der Waals surface area contributed by atoms with Crippen LogP contribution in [-0.4, -0.2) is 17.5 Å². The van der Waals surface area contributed by atoms with Crippen molar-refractivity contribution in [2.45, 2.75) is 20.3 Å². The number of aromatic nitrogens is 1. The quantitative estimate of drug-likeness (QED) is 0.599. The van der Waals surface area contributed by atoms with E-state index in [1.165, 1.54) is 0 Å². The maximum absolute atomic E-state index is 11.5. The standard InChI is InChI=1S/C11H17N3O2S/c1-7-3-4-9(8(2)14-7)5-10(6-12)11(15)16-17-13/h3-4,10H,5-6,12-13H2,1-2H3. The van der Waals surface area contributed by atoms with Crippen molar-refractivity contribution in [3.8, 4) is 0 Å². The van der Waals surface area contributed by atoms with Gasteiger partial charge in [0.05, 0.1) is 5.92 Å². The van der Waals surface area contributed by atoms with Gasteiger partial charge in [-0.3, -0.25) is 9.78 Å². The first-order valence-electron chi connectivity index (χ1n) is 5.29. The summed E-state index contributed by atoms with van der Waals surface area (Å²) >= 11 is 0.550. The SMILES string of the molecule is Cc1ccc(CC(CN)C(=O)OSN)c(C)n1. The molecule has 1 atom stereocenters. The molecule has 0 spiro atoms. The number of hydrogen-bond acceptors (Lipinski definition) is 6. The molecule has 4 N–H and O–H groups in total. The Bertz CT molecular complexity index is 398. The van der Waals surface area contributed by atoms with Crippen LogP contribution in [0.1, 0.15) is 17.0 Å². The second-order valence-corrected chi connectivity index (χ2v) is 4.19. The zero-order chi connectivity index (χ0) is 12.8. The molecule has 0 saturated heterocycles. The molecule has 17 heavy (non-hydrogen) atoms. The van der Waals surface area contributed by atoms with Gasteiger partial charge in [-0.2, -0.15) is 0 Å². The smallest absolute Gasteiger partial charge is 0.323 e. The number of nitrogens with zero attached hydrogens (tertiary/aromatic N) is 1. The largest absolute Gasteiger partial charge is 0.375 e. The maximum Gasteiger partial charge on any atom is 0.323 e. The van der Waals surface area contributed by atoms with Crippen LogP contribution in [0.5, 0.6) is 0 Å². The van der Waals surface area contributed by atoms with Crippen molar-refractivity contribution in [2.24, 2.45) is 16.8 Å². The second-order valence-electron chi connectivity index (χ2n) is 3.83. The highest BCUT2D eigenvalue weighted by molar-refractivity contribution is 7.92. The van der Waals surface area contributed by atoms with E-state index in [4.69, 9.17) is 10.9 Å². The van der Waals surface area contributed by atoms with E-state index in [9.17, 15) is 4.79 Å². The Labute approximate surface area is 105 Å². The van der Waals surface area contributed by atoms with Crippen LogP contribution in [0.4, 0.5) is 0 Å². The summed E-state index contributed by atoms with van der Waals surface area (Å²) in [6, 6.07) is 3.88. The van der Waals surface area contributed by atoms with Crippen LogP contribution in [-0.2, 0) is 15.4 Å². The Morgan fingerprint density at radius 3 is 2.76 bits per heavy atom. The molecule has 0 aliphatic heterocycles. The molecule has 0 aromatic carbocycles. The summed E-state index contributed by atoms with van der Waals surface area (Å²) in [7, 11) is 0. The molecule has 6 heteroatoms. The molecule has 0 amide bonds. The Balaban J connectivity index is 2.77. The van der Waals surface area contributed by atoms with Crippen molar-refractivity contribution in [2.75, 3.05) is 6.54 Å². The van der Waals surface area contributed by atoms with Gasteiger partial charge in [0.15, 0.2) is 0 Å². The Kier molecular flexibility index (Phi) is 5.40. The molecule has 1 rings (SSSR count). The van der Waals surface area contributed by atoms with E-state index >= 15 is 0 Å². The lowest BCUT2D eigenvalue weighted by atomic mass is 9.98. The molecule has 1 heterocycles. The molecule has 0 radical (unpaired) electrons. The number of aryl methyl sites for hydroxylation is 2. The Morgan fingerprint density at radius 2 is 2.24 bits per heavy atom. The van der Waals surface area contributed by atoms with Crippen LogP contribution in [0.2, 0.25) is 0 Å². The van der Waals surface area contributed by atoms with Gasteiger partial charge < -0.3 is 9.92 Å². The summed E-state index contributed by atoms with van der Waals surface area (Å²) in [5, 5.41) is 5.09. The summed E-state index contributed by atoms with van der Waals surface area (Å²) in [6.07, 6.45) is 0.523. The first kappa shape index (κ1) is 14.0. The van der Waals surface area contributed by atoms with Gasteiger partial charge in [-0.1, -0.05) is 6.07 Å². The van der Waals surface area contributed by atoms with Gasteiger partial charge in [-0.15, -0.1) is 0 Å². The summed E-state index contributed by atoms with van der Waals surface area (Å²) < 4.78 is 4.69. The van der Waals surface area contributed by atoms with E-state index in [-0.39, 0.29) is 18.4 Å². The zero-order valence-corrected chi connectivity index (χ0v) is 10.8.